The molecule has 0 saturated carbocycles. The lowest BCUT2D eigenvalue weighted by Gasteiger charge is -2.48. The summed E-state index contributed by atoms with van der Waals surface area (Å²) in [6.07, 6.45) is 4.84. The second kappa shape index (κ2) is 5.84. The van der Waals surface area contributed by atoms with Crippen LogP contribution in [0.25, 0.3) is 0 Å². The fraction of sp³-hybridized carbons (Fsp3) is 0.875. The van der Waals surface area contributed by atoms with Crippen LogP contribution in [0.2, 0.25) is 0 Å². The van der Waals surface area contributed by atoms with Crippen LogP contribution in [0.15, 0.2) is 12.3 Å². The lowest BCUT2D eigenvalue weighted by atomic mass is 9.71. The van der Waals surface area contributed by atoms with Gasteiger partial charge < -0.3 is 10.0 Å². The van der Waals surface area contributed by atoms with E-state index in [1.165, 1.54) is 44.5 Å². The van der Waals surface area contributed by atoms with Gasteiger partial charge in [0.15, 0.2) is 0 Å². The molecule has 19 heavy (non-hydrogen) atoms. The number of piperidine rings is 2. The second-order valence-electron chi connectivity index (χ2n) is 6.92. The highest BCUT2D eigenvalue weighted by atomic mass is 16.3. The first-order valence-electron chi connectivity index (χ1n) is 7.76. The predicted molar refractivity (Wildman–Crippen MR) is 79.7 cm³/mol. The summed E-state index contributed by atoms with van der Waals surface area (Å²) < 4.78 is 0. The normalized spacial score (nSPS) is 25.8. The van der Waals surface area contributed by atoms with Crippen LogP contribution in [0.5, 0.6) is 0 Å². The maximum atomic E-state index is 10.2. The molecule has 0 aromatic rings. The van der Waals surface area contributed by atoms with Gasteiger partial charge >= 0.3 is 0 Å². The average molecular weight is 266 g/mol. The molecule has 0 bridgehead atoms. The molecule has 2 aliphatic rings. The van der Waals surface area contributed by atoms with Gasteiger partial charge in [0.25, 0.3) is 0 Å². The number of hydrogen-bond acceptors (Lipinski definition) is 3. The van der Waals surface area contributed by atoms with Crippen molar-refractivity contribution in [2.24, 2.45) is 11.3 Å². The Kier molecular flexibility index (Phi) is 4.57. The molecular formula is C16H30N2O. The molecule has 0 aliphatic carbocycles. The fourth-order valence-corrected chi connectivity index (χ4v) is 3.55. The monoisotopic (exact) mass is 266 g/mol. The molecule has 0 aromatic heterocycles. The zero-order chi connectivity index (χ0) is 14.0. The molecule has 2 aliphatic heterocycles. The third kappa shape index (κ3) is 3.32. The van der Waals surface area contributed by atoms with Crippen molar-refractivity contribution in [1.82, 2.24) is 9.80 Å². The Labute approximate surface area is 118 Å². The Morgan fingerprint density at radius 3 is 1.95 bits per heavy atom. The number of hydrogen-bond donors (Lipinski definition) is 1. The van der Waals surface area contributed by atoms with E-state index >= 15 is 0 Å². The van der Waals surface area contributed by atoms with E-state index in [-0.39, 0.29) is 6.23 Å². The van der Waals surface area contributed by atoms with Gasteiger partial charge in [-0.2, -0.15) is 0 Å². The summed E-state index contributed by atoms with van der Waals surface area (Å²) in [5, 5.41) is 10.2. The van der Waals surface area contributed by atoms with Crippen molar-refractivity contribution >= 4 is 0 Å². The molecule has 2 heterocycles. The third-order valence-electron chi connectivity index (χ3n) is 5.19. The first-order chi connectivity index (χ1) is 8.93. The van der Waals surface area contributed by atoms with Gasteiger partial charge in [0.05, 0.1) is 0 Å². The van der Waals surface area contributed by atoms with Crippen molar-refractivity contribution in [3.63, 3.8) is 0 Å². The van der Waals surface area contributed by atoms with Crippen molar-refractivity contribution in [3.8, 4) is 0 Å². The van der Waals surface area contributed by atoms with Crippen LogP contribution in [0.1, 0.15) is 46.5 Å². The minimum absolute atomic E-state index is 0.257. The van der Waals surface area contributed by atoms with Gasteiger partial charge in [-0.1, -0.05) is 20.4 Å². The van der Waals surface area contributed by atoms with Gasteiger partial charge in [0.2, 0.25) is 0 Å². The summed E-state index contributed by atoms with van der Waals surface area (Å²) in [5.41, 5.74) is 1.75. The Bertz CT molecular complexity index is 309. The van der Waals surface area contributed by atoms with Crippen LogP contribution < -0.4 is 0 Å². The average Bonchev–Trinajstić information content (AvgIpc) is 2.39. The SMILES string of the molecule is C=C(C)N1CCC2(CC1)CCN(C(O)C(C)C)CC2. The minimum Gasteiger partial charge on any atom is -0.378 e. The Morgan fingerprint density at radius 2 is 1.53 bits per heavy atom. The highest BCUT2D eigenvalue weighted by Gasteiger charge is 2.38. The molecule has 2 saturated heterocycles. The molecule has 0 radical (unpaired) electrons. The van der Waals surface area contributed by atoms with Gasteiger partial charge in [-0.3, -0.25) is 4.90 Å². The molecule has 2 rings (SSSR count). The third-order valence-corrected chi connectivity index (χ3v) is 5.19. The fourth-order valence-electron chi connectivity index (χ4n) is 3.55. The van der Waals surface area contributed by atoms with Crippen LogP contribution in [0.3, 0.4) is 0 Å². The zero-order valence-corrected chi connectivity index (χ0v) is 12.9. The van der Waals surface area contributed by atoms with Gasteiger partial charge in [-0.25, -0.2) is 0 Å². The molecule has 0 aromatic carbocycles. The smallest absolute Gasteiger partial charge is 0.109 e. The van der Waals surface area contributed by atoms with Crippen molar-refractivity contribution in [1.29, 1.82) is 0 Å². The lowest BCUT2D eigenvalue weighted by Crippen LogP contribution is -2.50. The molecular weight excluding hydrogens is 236 g/mol. The summed E-state index contributed by atoms with van der Waals surface area (Å²) in [7, 11) is 0. The maximum absolute atomic E-state index is 10.2. The summed E-state index contributed by atoms with van der Waals surface area (Å²) >= 11 is 0. The Morgan fingerprint density at radius 1 is 1.05 bits per heavy atom. The molecule has 1 atom stereocenters. The standard InChI is InChI=1S/C16H30N2O/c1-13(2)15(19)18-11-7-16(8-12-18)5-9-17(10-6-16)14(3)4/h13,15,19H,3,5-12H2,1-2,4H3. The van der Waals surface area contributed by atoms with Crippen molar-refractivity contribution in [3.05, 3.63) is 12.3 Å². The molecule has 1 N–H and O–H groups in total. The molecule has 110 valence electrons. The molecule has 1 spiro atoms. The van der Waals surface area contributed by atoms with Crippen LogP contribution in [0.4, 0.5) is 0 Å². The predicted octanol–water partition coefficient (Wildman–Crippen LogP) is 2.67. The molecule has 1 unspecified atom stereocenters. The Hall–Kier alpha value is -0.540. The zero-order valence-electron chi connectivity index (χ0n) is 12.9. The van der Waals surface area contributed by atoms with Gasteiger partial charge in [0.1, 0.15) is 6.23 Å². The number of allylic oxidation sites excluding steroid dienone is 1. The maximum Gasteiger partial charge on any atom is 0.109 e. The second-order valence-corrected chi connectivity index (χ2v) is 6.92. The van der Waals surface area contributed by atoms with E-state index in [1.54, 1.807) is 0 Å². The highest BCUT2D eigenvalue weighted by Crippen LogP contribution is 2.42. The molecule has 2 fully saturated rings. The lowest BCUT2D eigenvalue weighted by molar-refractivity contribution is -0.0686. The number of nitrogens with zero attached hydrogens (tertiary/aromatic N) is 2. The van der Waals surface area contributed by atoms with Crippen molar-refractivity contribution in [2.75, 3.05) is 26.2 Å². The summed E-state index contributed by atoms with van der Waals surface area (Å²) in [5.74, 6) is 0.333. The summed E-state index contributed by atoms with van der Waals surface area (Å²) in [4.78, 5) is 4.68. The molecule has 0 amide bonds. The van der Waals surface area contributed by atoms with Crippen molar-refractivity contribution < 1.29 is 5.11 Å². The largest absolute Gasteiger partial charge is 0.378 e. The van der Waals surface area contributed by atoms with E-state index in [2.05, 4.69) is 37.1 Å². The van der Waals surface area contributed by atoms with E-state index in [0.29, 0.717) is 11.3 Å². The van der Waals surface area contributed by atoms with E-state index in [9.17, 15) is 5.11 Å². The van der Waals surface area contributed by atoms with Crippen LogP contribution in [0, 0.1) is 11.3 Å². The van der Waals surface area contributed by atoms with Crippen molar-refractivity contribution in [2.45, 2.75) is 52.7 Å². The number of rotatable bonds is 3. The first kappa shape index (κ1) is 14.9. The Balaban J connectivity index is 1.85. The van der Waals surface area contributed by atoms with E-state index in [4.69, 9.17) is 0 Å². The quantitative estimate of drug-likeness (QED) is 0.851. The molecule has 3 nitrogen and oxygen atoms in total. The van der Waals surface area contributed by atoms with Crippen LogP contribution in [-0.2, 0) is 0 Å². The van der Waals surface area contributed by atoms with Gasteiger partial charge in [-0.15, -0.1) is 0 Å². The van der Waals surface area contributed by atoms with Crippen LogP contribution in [-0.4, -0.2) is 47.3 Å². The van der Waals surface area contributed by atoms with Gasteiger partial charge in [-0.05, 0) is 43.9 Å². The first-order valence-corrected chi connectivity index (χ1v) is 7.76. The minimum atomic E-state index is -0.257. The van der Waals surface area contributed by atoms with E-state index < -0.39 is 0 Å². The van der Waals surface area contributed by atoms with Gasteiger partial charge in [0, 0.05) is 31.9 Å². The number of likely N-dealkylation sites (tertiary alicyclic amines) is 2. The topological polar surface area (TPSA) is 26.7 Å². The summed E-state index contributed by atoms with van der Waals surface area (Å²) in [6, 6.07) is 0. The molecule has 3 heteroatoms. The van der Waals surface area contributed by atoms with E-state index in [1.807, 2.05) is 0 Å². The number of aliphatic hydroxyl groups excluding tert-OH is 1. The van der Waals surface area contributed by atoms with Crippen LogP contribution >= 0.6 is 0 Å². The highest BCUT2D eigenvalue weighted by molar-refractivity contribution is 4.97. The number of aliphatic hydroxyl groups is 1. The van der Waals surface area contributed by atoms with E-state index in [0.717, 1.165) is 13.1 Å². The summed E-state index contributed by atoms with van der Waals surface area (Å²) in [6.45, 7) is 14.8.